The molecule has 1 aromatic carbocycles. The fourth-order valence-corrected chi connectivity index (χ4v) is 3.09. The summed E-state index contributed by atoms with van der Waals surface area (Å²) < 4.78 is 5.47. The van der Waals surface area contributed by atoms with Crippen LogP contribution in [0.3, 0.4) is 0 Å². The van der Waals surface area contributed by atoms with Crippen LogP contribution in [0.1, 0.15) is 39.0 Å². The lowest BCUT2D eigenvalue weighted by Crippen LogP contribution is -2.40. The smallest absolute Gasteiger partial charge is 0.226 e. The Morgan fingerprint density at radius 3 is 2.54 bits per heavy atom. The van der Waals surface area contributed by atoms with E-state index in [0.29, 0.717) is 0 Å². The van der Waals surface area contributed by atoms with Gasteiger partial charge in [-0.3, -0.25) is 0 Å². The molecular formula is C19H29N3OS. The summed E-state index contributed by atoms with van der Waals surface area (Å²) in [6.45, 7) is 5.44. The van der Waals surface area contributed by atoms with E-state index in [1.165, 1.54) is 30.7 Å². The Labute approximate surface area is 150 Å². The first kappa shape index (κ1) is 19.0. The number of morpholine rings is 1. The number of aliphatic imine (C=N–C) groups is 2. The summed E-state index contributed by atoms with van der Waals surface area (Å²) in [7, 11) is 0. The van der Waals surface area contributed by atoms with Crippen LogP contribution in [0.5, 0.6) is 0 Å². The van der Waals surface area contributed by atoms with E-state index in [1.54, 1.807) is 11.8 Å². The second-order valence-corrected chi connectivity index (χ2v) is 6.75. The molecule has 0 radical (unpaired) electrons. The number of hydrogen-bond acceptors (Lipinski definition) is 3. The molecule has 1 aliphatic heterocycles. The summed E-state index contributed by atoms with van der Waals surface area (Å²) >= 11 is 1.74. The van der Waals surface area contributed by atoms with Gasteiger partial charge in [-0.2, -0.15) is 0 Å². The molecule has 4 nitrogen and oxygen atoms in total. The summed E-state index contributed by atoms with van der Waals surface area (Å²) in [5, 5.41) is 1.17. The van der Waals surface area contributed by atoms with Gasteiger partial charge in [0.05, 0.1) is 23.9 Å². The molecule has 2 rings (SSSR count). The standard InChI is InChI=1S/C19H29N3OS/c1-3-4-5-9-12-18(24-2)21-19(22-13-15-23-16-14-22)20-17-10-7-6-8-11-17/h6-8,10-11H,3-5,9,12-16H2,1-2H3/b20-19?,21-18+. The number of rotatable bonds is 6. The van der Waals surface area contributed by atoms with Crippen LogP contribution >= 0.6 is 11.8 Å². The Hall–Kier alpha value is -1.33. The van der Waals surface area contributed by atoms with Crippen LogP contribution in [-0.2, 0) is 4.74 Å². The van der Waals surface area contributed by atoms with Crippen LogP contribution < -0.4 is 0 Å². The molecule has 0 N–H and O–H groups in total. The maximum Gasteiger partial charge on any atom is 0.226 e. The molecule has 1 fully saturated rings. The summed E-state index contributed by atoms with van der Waals surface area (Å²) in [5.74, 6) is 0.823. The van der Waals surface area contributed by atoms with Crippen molar-refractivity contribution in [3.8, 4) is 0 Å². The Kier molecular flexibility index (Phi) is 8.92. The maximum atomic E-state index is 5.47. The zero-order valence-electron chi connectivity index (χ0n) is 14.9. The van der Waals surface area contributed by atoms with Crippen molar-refractivity contribution in [2.24, 2.45) is 9.98 Å². The van der Waals surface area contributed by atoms with Gasteiger partial charge in [0.15, 0.2) is 0 Å². The molecule has 0 amide bonds. The molecule has 1 saturated heterocycles. The number of thioether (sulfide) groups is 1. The highest BCUT2D eigenvalue weighted by Gasteiger charge is 2.15. The lowest BCUT2D eigenvalue weighted by atomic mass is 10.2. The van der Waals surface area contributed by atoms with Gasteiger partial charge in [0, 0.05) is 13.1 Å². The number of unbranched alkanes of at least 4 members (excludes halogenated alkanes) is 3. The summed E-state index contributed by atoms with van der Waals surface area (Å²) in [4.78, 5) is 11.9. The van der Waals surface area contributed by atoms with Gasteiger partial charge in [-0.15, -0.1) is 11.8 Å². The highest BCUT2D eigenvalue weighted by molar-refractivity contribution is 8.13. The fourth-order valence-electron chi connectivity index (χ4n) is 2.57. The molecule has 0 aliphatic carbocycles. The van der Waals surface area contributed by atoms with E-state index in [2.05, 4.69) is 18.1 Å². The van der Waals surface area contributed by atoms with Gasteiger partial charge in [-0.05, 0) is 31.2 Å². The van der Waals surface area contributed by atoms with Gasteiger partial charge < -0.3 is 9.64 Å². The lowest BCUT2D eigenvalue weighted by molar-refractivity contribution is 0.0676. The number of guanidine groups is 1. The number of hydrogen-bond donors (Lipinski definition) is 0. The largest absolute Gasteiger partial charge is 0.378 e. The Morgan fingerprint density at radius 2 is 1.88 bits per heavy atom. The molecular weight excluding hydrogens is 318 g/mol. The average molecular weight is 348 g/mol. The third-order valence-electron chi connectivity index (χ3n) is 3.98. The van der Waals surface area contributed by atoms with Crippen LogP contribution in [0.15, 0.2) is 40.3 Å². The fraction of sp³-hybridized carbons (Fsp3) is 0.579. The van der Waals surface area contributed by atoms with Gasteiger partial charge >= 0.3 is 0 Å². The molecule has 0 atom stereocenters. The van der Waals surface area contributed by atoms with E-state index in [-0.39, 0.29) is 0 Å². The zero-order valence-corrected chi connectivity index (χ0v) is 15.7. The second-order valence-electron chi connectivity index (χ2n) is 5.87. The van der Waals surface area contributed by atoms with Crippen molar-refractivity contribution in [1.82, 2.24) is 4.90 Å². The third kappa shape index (κ3) is 6.65. The van der Waals surface area contributed by atoms with Crippen molar-refractivity contribution in [1.29, 1.82) is 0 Å². The van der Waals surface area contributed by atoms with Gasteiger partial charge in [-0.25, -0.2) is 9.98 Å². The number of ether oxygens (including phenoxy) is 1. The van der Waals surface area contributed by atoms with E-state index in [1.807, 2.05) is 30.3 Å². The minimum absolute atomic E-state index is 0.744. The summed E-state index contributed by atoms with van der Waals surface area (Å²) in [6.07, 6.45) is 8.20. The topological polar surface area (TPSA) is 37.2 Å². The predicted molar refractivity (Wildman–Crippen MR) is 106 cm³/mol. The van der Waals surface area contributed by atoms with Crippen molar-refractivity contribution in [3.63, 3.8) is 0 Å². The van der Waals surface area contributed by atoms with Crippen LogP contribution in [0.25, 0.3) is 0 Å². The van der Waals surface area contributed by atoms with Gasteiger partial charge in [0.2, 0.25) is 5.96 Å². The first-order valence-electron chi connectivity index (χ1n) is 8.91. The highest BCUT2D eigenvalue weighted by atomic mass is 32.2. The molecule has 5 heteroatoms. The summed E-state index contributed by atoms with van der Waals surface area (Å²) in [6, 6.07) is 10.1. The lowest BCUT2D eigenvalue weighted by Gasteiger charge is -2.28. The van der Waals surface area contributed by atoms with Crippen molar-refractivity contribution in [2.45, 2.75) is 39.0 Å². The molecule has 1 heterocycles. The van der Waals surface area contributed by atoms with Crippen LogP contribution in [0.2, 0.25) is 0 Å². The Morgan fingerprint density at radius 1 is 1.12 bits per heavy atom. The average Bonchev–Trinajstić information content (AvgIpc) is 2.65. The third-order valence-corrected chi connectivity index (χ3v) is 4.75. The Balaban J connectivity index is 2.14. The minimum Gasteiger partial charge on any atom is -0.378 e. The van der Waals surface area contributed by atoms with Crippen molar-refractivity contribution >= 4 is 28.5 Å². The van der Waals surface area contributed by atoms with Gasteiger partial charge in [0.1, 0.15) is 0 Å². The molecule has 0 bridgehead atoms. The Bertz CT molecular complexity index is 525. The van der Waals surface area contributed by atoms with Gasteiger partial charge in [0.25, 0.3) is 0 Å². The molecule has 0 saturated carbocycles. The molecule has 0 spiro atoms. The minimum atomic E-state index is 0.744. The van der Waals surface area contributed by atoms with Crippen molar-refractivity contribution < 1.29 is 4.74 Å². The molecule has 0 unspecified atom stereocenters. The normalized spacial score (nSPS) is 16.5. The van der Waals surface area contributed by atoms with Crippen molar-refractivity contribution in [2.75, 3.05) is 32.6 Å². The first-order valence-corrected chi connectivity index (χ1v) is 10.1. The van der Waals surface area contributed by atoms with Gasteiger partial charge in [-0.1, -0.05) is 44.4 Å². The van der Waals surface area contributed by atoms with Crippen LogP contribution in [-0.4, -0.2) is 48.5 Å². The van der Waals surface area contributed by atoms with Crippen molar-refractivity contribution in [3.05, 3.63) is 30.3 Å². The van der Waals surface area contributed by atoms with E-state index in [4.69, 9.17) is 14.7 Å². The number of para-hydroxylation sites is 1. The number of nitrogens with zero attached hydrogens (tertiary/aromatic N) is 3. The van der Waals surface area contributed by atoms with E-state index >= 15 is 0 Å². The maximum absolute atomic E-state index is 5.47. The SMILES string of the molecule is CCCCCC/C(=N\C(=Nc1ccccc1)N1CCOCC1)SC. The quantitative estimate of drug-likeness (QED) is 0.424. The summed E-state index contributed by atoms with van der Waals surface area (Å²) in [5.41, 5.74) is 0.953. The predicted octanol–water partition coefficient (Wildman–Crippen LogP) is 4.74. The first-order chi connectivity index (χ1) is 11.8. The zero-order chi connectivity index (χ0) is 17.0. The molecule has 0 aromatic heterocycles. The molecule has 1 aromatic rings. The molecule has 1 aliphatic rings. The second kappa shape index (κ2) is 11.3. The van der Waals surface area contributed by atoms with Crippen LogP contribution in [0, 0.1) is 0 Å². The van der Waals surface area contributed by atoms with E-state index in [9.17, 15) is 0 Å². The number of benzene rings is 1. The monoisotopic (exact) mass is 347 g/mol. The molecule has 132 valence electrons. The van der Waals surface area contributed by atoms with Crippen LogP contribution in [0.4, 0.5) is 5.69 Å². The van der Waals surface area contributed by atoms with E-state index in [0.717, 1.165) is 44.4 Å². The molecule has 24 heavy (non-hydrogen) atoms. The highest BCUT2D eigenvalue weighted by Crippen LogP contribution is 2.16. The van der Waals surface area contributed by atoms with E-state index < -0.39 is 0 Å².